The van der Waals surface area contributed by atoms with Gasteiger partial charge in [-0.2, -0.15) is 11.8 Å². The number of thioether (sulfide) groups is 1. The third-order valence-electron chi connectivity index (χ3n) is 3.65. The zero-order chi connectivity index (χ0) is 15.6. The highest BCUT2D eigenvalue weighted by Gasteiger charge is 2.23. The fourth-order valence-electron chi connectivity index (χ4n) is 2.09. The predicted molar refractivity (Wildman–Crippen MR) is 93.3 cm³/mol. The molecule has 2 N–H and O–H groups in total. The number of aryl methyl sites for hydroxylation is 1. The zero-order valence-electron chi connectivity index (χ0n) is 12.8. The average Bonchev–Trinajstić information content (AvgIpc) is 2.79. The van der Waals surface area contributed by atoms with Crippen LogP contribution < -0.4 is 5.73 Å². The van der Waals surface area contributed by atoms with Crippen molar-refractivity contribution in [2.24, 2.45) is 0 Å². The SMILES string of the molecule is CSCCC(C)N(C)C(=O)c1sc2nc(C)ccc2c1N. The van der Waals surface area contributed by atoms with E-state index < -0.39 is 0 Å². The van der Waals surface area contributed by atoms with E-state index in [1.807, 2.05) is 26.1 Å². The molecule has 1 atom stereocenters. The Hall–Kier alpha value is -1.27. The molecule has 0 saturated carbocycles. The van der Waals surface area contributed by atoms with E-state index in [-0.39, 0.29) is 11.9 Å². The Labute approximate surface area is 133 Å². The van der Waals surface area contributed by atoms with E-state index in [4.69, 9.17) is 5.73 Å². The van der Waals surface area contributed by atoms with Crippen LogP contribution in [0.5, 0.6) is 0 Å². The molecule has 0 spiro atoms. The van der Waals surface area contributed by atoms with Crippen LogP contribution in [0.4, 0.5) is 5.69 Å². The molecule has 2 rings (SSSR count). The third kappa shape index (κ3) is 3.32. The average molecular weight is 323 g/mol. The van der Waals surface area contributed by atoms with Crippen LogP contribution in [0.15, 0.2) is 12.1 Å². The molecule has 0 aliphatic rings. The molecule has 1 amide bonds. The van der Waals surface area contributed by atoms with Gasteiger partial charge in [-0.1, -0.05) is 0 Å². The Bertz CT molecular complexity index is 654. The molecule has 0 radical (unpaired) electrons. The molecule has 0 aliphatic heterocycles. The molecule has 0 saturated heterocycles. The summed E-state index contributed by atoms with van der Waals surface area (Å²) >= 11 is 3.18. The van der Waals surface area contributed by atoms with E-state index in [1.165, 1.54) is 11.3 Å². The van der Waals surface area contributed by atoms with Gasteiger partial charge in [0.15, 0.2) is 0 Å². The lowest BCUT2D eigenvalue weighted by atomic mass is 10.2. The van der Waals surface area contributed by atoms with Gasteiger partial charge < -0.3 is 10.6 Å². The van der Waals surface area contributed by atoms with Gasteiger partial charge in [0.2, 0.25) is 0 Å². The second-order valence-electron chi connectivity index (χ2n) is 5.20. The Kier molecular flexibility index (Phi) is 5.11. The largest absolute Gasteiger partial charge is 0.397 e. The maximum Gasteiger partial charge on any atom is 0.266 e. The summed E-state index contributed by atoms with van der Waals surface area (Å²) in [5.74, 6) is 1.03. The van der Waals surface area contributed by atoms with Gasteiger partial charge in [0.1, 0.15) is 9.71 Å². The lowest BCUT2D eigenvalue weighted by molar-refractivity contribution is 0.0747. The van der Waals surface area contributed by atoms with E-state index >= 15 is 0 Å². The summed E-state index contributed by atoms with van der Waals surface area (Å²) in [6.45, 7) is 4.01. The second kappa shape index (κ2) is 6.66. The van der Waals surface area contributed by atoms with Crippen molar-refractivity contribution >= 4 is 44.9 Å². The van der Waals surface area contributed by atoms with Crippen LogP contribution in [0.2, 0.25) is 0 Å². The van der Waals surface area contributed by atoms with Crippen molar-refractivity contribution in [2.45, 2.75) is 26.3 Å². The van der Waals surface area contributed by atoms with Gasteiger partial charge >= 0.3 is 0 Å². The number of nitrogens with two attached hydrogens (primary N) is 1. The molecular weight excluding hydrogens is 302 g/mol. The number of aromatic nitrogens is 1. The lowest BCUT2D eigenvalue weighted by Crippen LogP contribution is -2.35. The quantitative estimate of drug-likeness (QED) is 0.916. The third-order valence-corrected chi connectivity index (χ3v) is 5.40. The molecule has 0 aromatic carbocycles. The number of rotatable bonds is 5. The first-order chi connectivity index (χ1) is 9.95. The maximum absolute atomic E-state index is 12.6. The van der Waals surface area contributed by atoms with Crippen LogP contribution >= 0.6 is 23.1 Å². The van der Waals surface area contributed by atoms with Crippen molar-refractivity contribution in [3.63, 3.8) is 0 Å². The van der Waals surface area contributed by atoms with Gasteiger partial charge in [0, 0.05) is 24.2 Å². The molecule has 2 heterocycles. The summed E-state index contributed by atoms with van der Waals surface area (Å²) < 4.78 is 0. The van der Waals surface area contributed by atoms with Crippen molar-refractivity contribution in [3.05, 3.63) is 22.7 Å². The number of amides is 1. The number of nitrogen functional groups attached to an aromatic ring is 1. The van der Waals surface area contributed by atoms with Gasteiger partial charge in [0.05, 0.1) is 5.69 Å². The standard InChI is InChI=1S/C15H21N3OS2/c1-9-5-6-11-12(16)13(21-14(11)17-9)15(19)18(3)10(2)7-8-20-4/h5-6,10H,7-8,16H2,1-4H3. The number of carbonyl (C=O) groups is 1. The van der Waals surface area contributed by atoms with Crippen LogP contribution in [0.1, 0.15) is 28.7 Å². The van der Waals surface area contributed by atoms with Crippen molar-refractivity contribution in [1.29, 1.82) is 0 Å². The monoisotopic (exact) mass is 323 g/mol. The molecule has 2 aromatic heterocycles. The lowest BCUT2D eigenvalue weighted by Gasteiger charge is -2.24. The highest BCUT2D eigenvalue weighted by atomic mass is 32.2. The number of anilines is 1. The van der Waals surface area contributed by atoms with Crippen LogP contribution in [-0.4, -0.2) is 40.9 Å². The Morgan fingerprint density at radius 2 is 2.24 bits per heavy atom. The van der Waals surface area contributed by atoms with Gasteiger partial charge in [-0.25, -0.2) is 4.98 Å². The zero-order valence-corrected chi connectivity index (χ0v) is 14.5. The van der Waals surface area contributed by atoms with Gasteiger partial charge in [0.25, 0.3) is 5.91 Å². The van der Waals surface area contributed by atoms with Gasteiger partial charge in [-0.15, -0.1) is 11.3 Å². The van der Waals surface area contributed by atoms with Gasteiger partial charge in [-0.05, 0) is 44.4 Å². The smallest absolute Gasteiger partial charge is 0.266 e. The van der Waals surface area contributed by atoms with Crippen LogP contribution in [0.25, 0.3) is 10.2 Å². The van der Waals surface area contributed by atoms with Crippen LogP contribution in [0.3, 0.4) is 0 Å². The van der Waals surface area contributed by atoms with Crippen molar-refractivity contribution in [3.8, 4) is 0 Å². The molecule has 21 heavy (non-hydrogen) atoms. The molecule has 4 nitrogen and oxygen atoms in total. The minimum atomic E-state index is -0.0123. The highest BCUT2D eigenvalue weighted by Crippen LogP contribution is 2.33. The van der Waals surface area contributed by atoms with Crippen molar-refractivity contribution in [2.75, 3.05) is 24.8 Å². The summed E-state index contributed by atoms with van der Waals surface area (Å²) in [4.78, 5) is 20.3. The number of pyridine rings is 1. The molecule has 1 unspecified atom stereocenters. The second-order valence-corrected chi connectivity index (χ2v) is 7.18. The minimum absolute atomic E-state index is 0.0123. The number of carbonyl (C=O) groups excluding carboxylic acids is 1. The van der Waals surface area contributed by atoms with E-state index in [0.29, 0.717) is 10.6 Å². The Morgan fingerprint density at radius 1 is 1.52 bits per heavy atom. The minimum Gasteiger partial charge on any atom is -0.397 e. The predicted octanol–water partition coefficient (Wildman–Crippen LogP) is 3.40. The normalized spacial score (nSPS) is 12.6. The summed E-state index contributed by atoms with van der Waals surface area (Å²) in [6.07, 6.45) is 3.05. The fourth-order valence-corrected chi connectivity index (χ4v) is 3.79. The molecular formula is C15H21N3OS2. The molecule has 114 valence electrons. The molecule has 0 bridgehead atoms. The molecule has 0 aliphatic carbocycles. The maximum atomic E-state index is 12.6. The summed E-state index contributed by atoms with van der Waals surface area (Å²) in [6, 6.07) is 4.06. The first kappa shape index (κ1) is 16.1. The van der Waals surface area contributed by atoms with E-state index in [9.17, 15) is 4.79 Å². The van der Waals surface area contributed by atoms with Gasteiger partial charge in [-0.3, -0.25) is 4.79 Å². The molecule has 2 aromatic rings. The highest BCUT2D eigenvalue weighted by molar-refractivity contribution is 7.98. The summed E-state index contributed by atoms with van der Waals surface area (Å²) in [5, 5.41) is 0.874. The Balaban J connectivity index is 2.28. The van der Waals surface area contributed by atoms with Crippen molar-refractivity contribution < 1.29 is 4.79 Å². The first-order valence-corrected chi connectivity index (χ1v) is 9.08. The van der Waals surface area contributed by atoms with E-state index in [0.717, 1.165) is 28.1 Å². The van der Waals surface area contributed by atoms with E-state index in [2.05, 4.69) is 18.2 Å². The van der Waals surface area contributed by atoms with Crippen LogP contribution in [0, 0.1) is 6.92 Å². The Morgan fingerprint density at radius 3 is 2.90 bits per heavy atom. The summed E-state index contributed by atoms with van der Waals surface area (Å²) in [7, 11) is 1.84. The number of hydrogen-bond acceptors (Lipinski definition) is 5. The number of thiophene rings is 1. The number of fused-ring (bicyclic) bond motifs is 1. The number of hydrogen-bond donors (Lipinski definition) is 1. The van der Waals surface area contributed by atoms with Crippen LogP contribution in [-0.2, 0) is 0 Å². The fraction of sp³-hybridized carbons (Fsp3) is 0.467. The van der Waals surface area contributed by atoms with Crippen molar-refractivity contribution in [1.82, 2.24) is 9.88 Å². The number of nitrogens with zero attached hydrogens (tertiary/aromatic N) is 2. The van der Waals surface area contributed by atoms with E-state index in [1.54, 1.807) is 16.7 Å². The summed E-state index contributed by atoms with van der Waals surface area (Å²) in [5.41, 5.74) is 7.63. The molecule has 6 heteroatoms. The molecule has 0 fully saturated rings. The first-order valence-electron chi connectivity index (χ1n) is 6.87. The topological polar surface area (TPSA) is 59.2 Å².